The molecule has 0 aromatic rings. The topological polar surface area (TPSA) is 55.6 Å². The quantitative estimate of drug-likeness (QED) is 0.337. The van der Waals surface area contributed by atoms with Gasteiger partial charge in [-0.25, -0.2) is 5.84 Å². The molecule has 64 valence electrons. The van der Waals surface area contributed by atoms with E-state index in [1.807, 2.05) is 0 Å². The van der Waals surface area contributed by atoms with Gasteiger partial charge in [-0.05, 0) is 0 Å². The lowest BCUT2D eigenvalue weighted by atomic mass is 10.3. The van der Waals surface area contributed by atoms with Crippen molar-refractivity contribution in [3.8, 4) is 0 Å². The van der Waals surface area contributed by atoms with Crippen molar-refractivity contribution in [2.45, 2.75) is 12.5 Å². The first-order chi connectivity index (χ1) is 5.25. The summed E-state index contributed by atoms with van der Waals surface area (Å²) in [6, 6.07) is 0. The number of carbonyl (C=O) groups excluding carboxylic acids is 1. The number of nitrogens with two attached hydrogens (primary N) is 1. The second-order valence-electron chi connectivity index (χ2n) is 2.37. The standard InChI is InChI=1S/C6H11IN2O2/c7-2-4-11-5-1-3-9(8)6(5)10/h5H,1-4,8H2. The normalized spacial score (nSPS) is 24.7. The van der Waals surface area contributed by atoms with E-state index < -0.39 is 0 Å². The Bertz CT molecular complexity index is 154. The van der Waals surface area contributed by atoms with Crippen LogP contribution in [0, 0.1) is 0 Å². The number of hydrogen-bond donors (Lipinski definition) is 1. The Morgan fingerprint density at radius 3 is 3.00 bits per heavy atom. The Hall–Kier alpha value is 0.120. The van der Waals surface area contributed by atoms with Crippen LogP contribution in [0.5, 0.6) is 0 Å². The predicted octanol–water partition coefficient (Wildman–Crippen LogP) is -0.0874. The van der Waals surface area contributed by atoms with E-state index in [4.69, 9.17) is 10.6 Å². The lowest BCUT2D eigenvalue weighted by Crippen LogP contribution is -2.36. The summed E-state index contributed by atoms with van der Waals surface area (Å²) in [4.78, 5) is 11.1. The van der Waals surface area contributed by atoms with Gasteiger partial charge in [0.1, 0.15) is 6.10 Å². The Labute approximate surface area is 79.2 Å². The number of rotatable bonds is 3. The van der Waals surface area contributed by atoms with Crippen LogP contribution >= 0.6 is 22.6 Å². The molecule has 1 aliphatic rings. The number of alkyl halides is 1. The van der Waals surface area contributed by atoms with Gasteiger partial charge in [0.25, 0.3) is 5.91 Å². The van der Waals surface area contributed by atoms with Crippen molar-refractivity contribution in [1.29, 1.82) is 0 Å². The Kier molecular flexibility index (Phi) is 3.53. The van der Waals surface area contributed by atoms with Crippen molar-refractivity contribution >= 4 is 28.5 Å². The van der Waals surface area contributed by atoms with E-state index in [0.717, 1.165) is 10.8 Å². The van der Waals surface area contributed by atoms with Crippen LogP contribution < -0.4 is 5.84 Å². The van der Waals surface area contributed by atoms with Crippen molar-refractivity contribution in [3.63, 3.8) is 0 Å². The van der Waals surface area contributed by atoms with Gasteiger partial charge in [-0.2, -0.15) is 0 Å². The number of hydrogen-bond acceptors (Lipinski definition) is 3. The molecule has 1 rings (SSSR count). The van der Waals surface area contributed by atoms with E-state index in [1.54, 1.807) is 0 Å². The minimum Gasteiger partial charge on any atom is -0.367 e. The number of ether oxygens (including phenoxy) is 1. The van der Waals surface area contributed by atoms with Crippen LogP contribution in [0.25, 0.3) is 0 Å². The molecule has 4 nitrogen and oxygen atoms in total. The minimum absolute atomic E-state index is 0.0881. The van der Waals surface area contributed by atoms with E-state index in [2.05, 4.69) is 22.6 Å². The van der Waals surface area contributed by atoms with Gasteiger partial charge in [-0.3, -0.25) is 9.80 Å². The molecule has 1 saturated heterocycles. The molecule has 0 radical (unpaired) electrons. The molecule has 0 aromatic carbocycles. The van der Waals surface area contributed by atoms with Crippen LogP contribution in [-0.2, 0) is 9.53 Å². The molecule has 1 amide bonds. The third-order valence-corrected chi connectivity index (χ3v) is 2.03. The van der Waals surface area contributed by atoms with Crippen LogP contribution in [-0.4, -0.2) is 34.6 Å². The fourth-order valence-electron chi connectivity index (χ4n) is 1.02. The third-order valence-electron chi connectivity index (χ3n) is 1.59. The number of nitrogens with zero attached hydrogens (tertiary/aromatic N) is 1. The van der Waals surface area contributed by atoms with E-state index in [9.17, 15) is 4.79 Å². The first-order valence-corrected chi connectivity index (χ1v) is 5.02. The van der Waals surface area contributed by atoms with Gasteiger partial charge in [0.2, 0.25) is 0 Å². The smallest absolute Gasteiger partial charge is 0.265 e. The fraction of sp³-hybridized carbons (Fsp3) is 0.833. The minimum atomic E-state index is -0.283. The zero-order valence-electron chi connectivity index (χ0n) is 6.12. The first kappa shape index (κ1) is 9.21. The monoisotopic (exact) mass is 270 g/mol. The molecule has 1 aliphatic heterocycles. The molecule has 0 bridgehead atoms. The summed E-state index contributed by atoms with van der Waals surface area (Å²) in [6.07, 6.45) is 0.446. The fourth-order valence-corrected chi connectivity index (χ4v) is 1.27. The molecule has 1 atom stereocenters. The molecular weight excluding hydrogens is 259 g/mol. The second kappa shape index (κ2) is 4.22. The van der Waals surface area contributed by atoms with Crippen LogP contribution in [0.15, 0.2) is 0 Å². The molecule has 0 aliphatic carbocycles. The maximum Gasteiger partial charge on any atom is 0.265 e. The summed E-state index contributed by atoms with van der Waals surface area (Å²) >= 11 is 2.21. The summed E-state index contributed by atoms with van der Waals surface area (Å²) in [7, 11) is 0. The Morgan fingerprint density at radius 2 is 2.55 bits per heavy atom. The maximum absolute atomic E-state index is 11.1. The zero-order chi connectivity index (χ0) is 8.27. The van der Waals surface area contributed by atoms with E-state index in [-0.39, 0.29) is 12.0 Å². The van der Waals surface area contributed by atoms with Crippen molar-refractivity contribution in [2.75, 3.05) is 17.6 Å². The van der Waals surface area contributed by atoms with Crippen LogP contribution in [0.3, 0.4) is 0 Å². The maximum atomic E-state index is 11.1. The molecule has 11 heavy (non-hydrogen) atoms. The highest BCUT2D eigenvalue weighted by atomic mass is 127. The lowest BCUT2D eigenvalue weighted by Gasteiger charge is -2.09. The average Bonchev–Trinajstić information content (AvgIpc) is 2.31. The van der Waals surface area contributed by atoms with Gasteiger partial charge < -0.3 is 4.74 Å². The SMILES string of the molecule is NN1CCC(OCCI)C1=O. The number of amides is 1. The van der Waals surface area contributed by atoms with E-state index in [1.165, 1.54) is 5.01 Å². The van der Waals surface area contributed by atoms with E-state index in [0.29, 0.717) is 13.2 Å². The summed E-state index contributed by atoms with van der Waals surface area (Å²) in [6.45, 7) is 1.25. The average molecular weight is 270 g/mol. The number of halogens is 1. The second-order valence-corrected chi connectivity index (χ2v) is 3.45. The molecule has 0 saturated carbocycles. The van der Waals surface area contributed by atoms with Gasteiger partial charge in [0, 0.05) is 17.4 Å². The van der Waals surface area contributed by atoms with Crippen molar-refractivity contribution in [3.05, 3.63) is 0 Å². The van der Waals surface area contributed by atoms with Crippen LogP contribution in [0.1, 0.15) is 6.42 Å². The highest BCUT2D eigenvalue weighted by Crippen LogP contribution is 2.10. The highest BCUT2D eigenvalue weighted by molar-refractivity contribution is 14.1. The summed E-state index contributed by atoms with van der Waals surface area (Å²) < 4.78 is 6.16. The van der Waals surface area contributed by atoms with E-state index >= 15 is 0 Å². The number of carbonyl (C=O) groups is 1. The van der Waals surface area contributed by atoms with Crippen molar-refractivity contribution < 1.29 is 9.53 Å². The van der Waals surface area contributed by atoms with Gasteiger partial charge in [-0.1, -0.05) is 22.6 Å². The third kappa shape index (κ3) is 2.28. The number of hydrazine groups is 1. The van der Waals surface area contributed by atoms with Gasteiger partial charge in [-0.15, -0.1) is 0 Å². The Balaban J connectivity index is 2.30. The van der Waals surface area contributed by atoms with Crippen LogP contribution in [0.2, 0.25) is 0 Å². The van der Waals surface area contributed by atoms with Crippen molar-refractivity contribution in [2.24, 2.45) is 5.84 Å². The largest absolute Gasteiger partial charge is 0.367 e. The molecule has 0 aromatic heterocycles. The van der Waals surface area contributed by atoms with Gasteiger partial charge >= 0.3 is 0 Å². The highest BCUT2D eigenvalue weighted by Gasteiger charge is 2.29. The molecule has 1 heterocycles. The van der Waals surface area contributed by atoms with Crippen LogP contribution in [0.4, 0.5) is 0 Å². The van der Waals surface area contributed by atoms with Gasteiger partial charge in [0.15, 0.2) is 0 Å². The molecule has 1 unspecified atom stereocenters. The van der Waals surface area contributed by atoms with Crippen molar-refractivity contribution in [1.82, 2.24) is 5.01 Å². The first-order valence-electron chi connectivity index (χ1n) is 3.49. The lowest BCUT2D eigenvalue weighted by molar-refractivity contribution is -0.137. The zero-order valence-corrected chi connectivity index (χ0v) is 8.28. The summed E-state index contributed by atoms with van der Waals surface area (Å²) in [5.41, 5.74) is 0. The summed E-state index contributed by atoms with van der Waals surface area (Å²) in [5, 5.41) is 1.22. The summed E-state index contributed by atoms with van der Waals surface area (Å²) in [5.74, 6) is 5.25. The molecule has 2 N–H and O–H groups in total. The predicted molar refractivity (Wildman–Crippen MR) is 49.1 cm³/mol. The molecule has 0 spiro atoms. The molecule has 5 heteroatoms. The molecular formula is C6H11IN2O2. The molecule has 1 fully saturated rings. The van der Waals surface area contributed by atoms with Gasteiger partial charge in [0.05, 0.1) is 6.61 Å². The Morgan fingerprint density at radius 1 is 1.82 bits per heavy atom.